The Balaban J connectivity index is 1.42. The zero-order chi connectivity index (χ0) is 22.7. The lowest BCUT2D eigenvalue weighted by atomic mass is 9.80. The number of hydrogen-bond donors (Lipinski definition) is 0. The molecule has 0 unspecified atom stereocenters. The van der Waals surface area contributed by atoms with E-state index in [9.17, 15) is 16.8 Å². The van der Waals surface area contributed by atoms with Gasteiger partial charge in [-0.1, -0.05) is 35.4 Å². The van der Waals surface area contributed by atoms with Crippen molar-refractivity contribution in [3.05, 3.63) is 70.8 Å². The van der Waals surface area contributed by atoms with Gasteiger partial charge < -0.3 is 0 Å². The van der Waals surface area contributed by atoms with Crippen molar-refractivity contribution in [2.75, 3.05) is 26.2 Å². The van der Waals surface area contributed by atoms with Gasteiger partial charge in [-0.3, -0.25) is 0 Å². The van der Waals surface area contributed by atoms with Gasteiger partial charge in [0, 0.05) is 26.2 Å². The molecule has 0 aromatic heterocycles. The van der Waals surface area contributed by atoms with Crippen molar-refractivity contribution >= 4 is 20.0 Å². The first kappa shape index (κ1) is 21.8. The van der Waals surface area contributed by atoms with E-state index in [1.807, 2.05) is 38.1 Å². The van der Waals surface area contributed by atoms with Crippen LogP contribution in [0.25, 0.3) is 0 Å². The third-order valence-corrected chi connectivity index (χ3v) is 10.8. The summed E-state index contributed by atoms with van der Waals surface area (Å²) >= 11 is 0. The van der Waals surface area contributed by atoms with E-state index >= 15 is 0 Å². The number of hydrogen-bond acceptors (Lipinski definition) is 4. The van der Waals surface area contributed by atoms with E-state index in [1.165, 1.54) is 0 Å². The van der Waals surface area contributed by atoms with E-state index in [2.05, 4.69) is 0 Å². The molecule has 170 valence electrons. The predicted molar refractivity (Wildman–Crippen MR) is 123 cm³/mol. The van der Waals surface area contributed by atoms with Crippen LogP contribution in [-0.4, -0.2) is 51.6 Å². The lowest BCUT2D eigenvalue weighted by molar-refractivity contribution is 0.402. The van der Waals surface area contributed by atoms with Crippen molar-refractivity contribution in [3.8, 4) is 0 Å². The molecule has 0 saturated carbocycles. The Kier molecular flexibility index (Phi) is 5.32. The lowest BCUT2D eigenvalue weighted by Crippen LogP contribution is -2.29. The molecule has 2 saturated heterocycles. The molecule has 2 aliphatic heterocycles. The summed E-state index contributed by atoms with van der Waals surface area (Å²) in [7, 11) is -7.13. The summed E-state index contributed by atoms with van der Waals surface area (Å²) in [6, 6.07) is 13.9. The second-order valence-electron chi connectivity index (χ2n) is 9.24. The minimum absolute atomic E-state index is 0.184. The molecule has 0 bridgehead atoms. The highest BCUT2D eigenvalue weighted by molar-refractivity contribution is 7.89. The summed E-state index contributed by atoms with van der Waals surface area (Å²) in [4.78, 5) is 0.637. The molecule has 2 aromatic carbocycles. The van der Waals surface area contributed by atoms with E-state index in [-0.39, 0.29) is 11.8 Å². The largest absolute Gasteiger partial charge is 0.243 e. The SMILES string of the molecule is Cc1ccc(S(=O)(=O)N2CC3=C4CN(S(=O)(=O)c5ccc(C)cc5)C[C@@H]4CC[C@@H]3C2)cc1. The van der Waals surface area contributed by atoms with Crippen molar-refractivity contribution in [2.45, 2.75) is 36.5 Å². The summed E-state index contributed by atoms with van der Waals surface area (Å²) in [5.74, 6) is 0.368. The second-order valence-corrected chi connectivity index (χ2v) is 13.1. The van der Waals surface area contributed by atoms with Gasteiger partial charge in [0.05, 0.1) is 9.79 Å². The van der Waals surface area contributed by atoms with Gasteiger partial charge in [-0.15, -0.1) is 0 Å². The van der Waals surface area contributed by atoms with Crippen LogP contribution < -0.4 is 0 Å². The maximum absolute atomic E-state index is 13.2. The summed E-state index contributed by atoms with van der Waals surface area (Å²) in [6.07, 6.45) is 1.81. The van der Waals surface area contributed by atoms with Crippen LogP contribution >= 0.6 is 0 Å². The Morgan fingerprint density at radius 3 is 1.31 bits per heavy atom. The molecule has 0 N–H and O–H groups in total. The Labute approximate surface area is 190 Å². The van der Waals surface area contributed by atoms with Crippen molar-refractivity contribution in [2.24, 2.45) is 11.8 Å². The topological polar surface area (TPSA) is 74.8 Å². The predicted octanol–water partition coefficient (Wildman–Crippen LogP) is 3.34. The van der Waals surface area contributed by atoms with Gasteiger partial charge in [-0.25, -0.2) is 16.8 Å². The molecule has 1 aliphatic carbocycles. The van der Waals surface area contributed by atoms with Crippen LogP contribution in [0.2, 0.25) is 0 Å². The average molecular weight is 473 g/mol. The fourth-order valence-corrected chi connectivity index (χ4v) is 8.15. The van der Waals surface area contributed by atoms with Crippen LogP contribution in [0.15, 0.2) is 69.5 Å². The van der Waals surface area contributed by atoms with Gasteiger partial charge in [0.2, 0.25) is 20.0 Å². The average Bonchev–Trinajstić information content (AvgIpc) is 3.39. The first-order chi connectivity index (χ1) is 15.2. The van der Waals surface area contributed by atoms with Crippen LogP contribution in [-0.2, 0) is 20.0 Å². The molecule has 8 heteroatoms. The molecule has 2 fully saturated rings. The smallest absolute Gasteiger partial charge is 0.207 e. The standard InChI is InChI=1S/C24H28N2O4S2/c1-17-3-9-21(10-4-17)31(27,28)25-13-19-7-8-20-14-26(16-24(20)23(19)15-25)32(29,30)22-11-5-18(2)6-12-22/h3-6,9-12,19-20H,7-8,13-16H2,1-2H3/t19-,20+. The Morgan fingerprint density at radius 2 is 0.969 bits per heavy atom. The van der Waals surface area contributed by atoms with Crippen molar-refractivity contribution in [3.63, 3.8) is 0 Å². The monoisotopic (exact) mass is 472 g/mol. The molecule has 5 rings (SSSR count). The van der Waals surface area contributed by atoms with Gasteiger partial charge in [0.25, 0.3) is 0 Å². The Hall–Kier alpha value is -2.00. The molecule has 2 atom stereocenters. The molecule has 3 aliphatic rings. The highest BCUT2D eigenvalue weighted by Gasteiger charge is 2.45. The van der Waals surface area contributed by atoms with Gasteiger partial charge in [-0.2, -0.15) is 8.61 Å². The second kappa shape index (κ2) is 7.80. The first-order valence-corrected chi connectivity index (χ1v) is 13.9. The highest BCUT2D eigenvalue weighted by Crippen LogP contribution is 2.44. The van der Waals surface area contributed by atoms with E-state index < -0.39 is 20.0 Å². The van der Waals surface area contributed by atoms with Gasteiger partial charge in [0.1, 0.15) is 0 Å². The molecule has 0 radical (unpaired) electrons. The van der Waals surface area contributed by atoms with E-state index in [0.717, 1.165) is 35.1 Å². The molecule has 6 nitrogen and oxygen atoms in total. The summed E-state index contributed by atoms with van der Waals surface area (Å²) < 4.78 is 56.0. The maximum Gasteiger partial charge on any atom is 0.243 e. The fraction of sp³-hybridized carbons (Fsp3) is 0.417. The number of benzene rings is 2. The van der Waals surface area contributed by atoms with Crippen molar-refractivity contribution in [1.82, 2.24) is 8.61 Å². The molecule has 0 amide bonds. The number of nitrogens with zero attached hydrogens (tertiary/aromatic N) is 2. The quantitative estimate of drug-likeness (QED) is 0.640. The molecular weight excluding hydrogens is 444 g/mol. The Morgan fingerprint density at radius 1 is 0.625 bits per heavy atom. The van der Waals surface area contributed by atoms with Crippen LogP contribution in [0.4, 0.5) is 0 Å². The number of sulfonamides is 2. The third kappa shape index (κ3) is 3.63. The minimum Gasteiger partial charge on any atom is -0.207 e. The number of fused-ring (bicyclic) bond motifs is 2. The zero-order valence-electron chi connectivity index (χ0n) is 18.4. The van der Waals surface area contributed by atoms with Crippen LogP contribution in [0.5, 0.6) is 0 Å². The Bertz CT molecular complexity index is 1180. The van der Waals surface area contributed by atoms with E-state index in [4.69, 9.17) is 0 Å². The van der Waals surface area contributed by atoms with Gasteiger partial charge in [-0.05, 0) is 73.9 Å². The number of aryl methyl sites for hydroxylation is 2. The fourth-order valence-electron chi connectivity index (χ4n) is 5.22. The highest BCUT2D eigenvalue weighted by atomic mass is 32.2. The molecule has 0 spiro atoms. The van der Waals surface area contributed by atoms with Crippen LogP contribution in [0.3, 0.4) is 0 Å². The van der Waals surface area contributed by atoms with Gasteiger partial charge in [0.15, 0.2) is 0 Å². The molecule has 32 heavy (non-hydrogen) atoms. The minimum atomic E-state index is -3.56. The summed E-state index contributed by atoms with van der Waals surface area (Å²) in [5, 5.41) is 0. The molecule has 2 aromatic rings. The van der Waals surface area contributed by atoms with E-state index in [0.29, 0.717) is 36.0 Å². The lowest BCUT2D eigenvalue weighted by Gasteiger charge is -2.24. The van der Waals surface area contributed by atoms with E-state index in [1.54, 1.807) is 32.9 Å². The first-order valence-electron chi connectivity index (χ1n) is 11.0. The maximum atomic E-state index is 13.2. The van der Waals surface area contributed by atoms with Crippen molar-refractivity contribution < 1.29 is 16.8 Å². The zero-order valence-corrected chi connectivity index (χ0v) is 20.0. The summed E-state index contributed by atoms with van der Waals surface area (Å²) in [5.41, 5.74) is 4.32. The normalized spacial score (nSPS) is 24.6. The number of rotatable bonds is 4. The molecular formula is C24H28N2O4S2. The summed E-state index contributed by atoms with van der Waals surface area (Å²) in [6.45, 7) is 5.56. The van der Waals surface area contributed by atoms with Gasteiger partial charge >= 0.3 is 0 Å². The third-order valence-electron chi connectivity index (χ3n) is 7.12. The van der Waals surface area contributed by atoms with Crippen molar-refractivity contribution in [1.29, 1.82) is 0 Å². The van der Waals surface area contributed by atoms with Crippen LogP contribution in [0.1, 0.15) is 24.0 Å². The molecule has 2 heterocycles. The van der Waals surface area contributed by atoms with Crippen LogP contribution in [0, 0.1) is 25.7 Å².